The van der Waals surface area contributed by atoms with Crippen molar-refractivity contribution in [2.75, 3.05) is 25.6 Å². The fraction of sp³-hybridized carbons (Fsp3) is 0.391. The minimum absolute atomic E-state index is 0.534. The molecule has 1 aliphatic rings. The van der Waals surface area contributed by atoms with Crippen molar-refractivity contribution in [3.8, 4) is 0 Å². The lowest BCUT2D eigenvalue weighted by atomic mass is 10.3. The van der Waals surface area contributed by atoms with Crippen LogP contribution in [0.3, 0.4) is 0 Å². The molecule has 0 amide bonds. The van der Waals surface area contributed by atoms with Crippen LogP contribution in [0.5, 0.6) is 0 Å². The Kier molecular flexibility index (Phi) is 10.6. The summed E-state index contributed by atoms with van der Waals surface area (Å²) in [5, 5.41) is 3.77. The maximum absolute atomic E-state index is 10.9. The number of allylic oxidation sites excluding steroid dienone is 2. The number of aryl methyl sites for hydroxylation is 1. The lowest BCUT2D eigenvalue weighted by molar-refractivity contribution is -0.104. The Morgan fingerprint density at radius 1 is 1.39 bits per heavy atom. The number of anilines is 1. The molecule has 2 aromatic rings. The summed E-state index contributed by atoms with van der Waals surface area (Å²) < 4.78 is 5.61. The second kappa shape index (κ2) is 13.5. The molecule has 2 heterocycles. The number of hydrogen-bond acceptors (Lipinski definition) is 8. The van der Waals surface area contributed by atoms with E-state index in [4.69, 9.17) is 4.74 Å². The second-order valence-corrected chi connectivity index (χ2v) is 8.18. The third-order valence-corrected chi connectivity index (χ3v) is 5.69. The zero-order valence-corrected chi connectivity index (χ0v) is 19.1. The number of thiazole rings is 1. The molecule has 166 valence electrons. The predicted molar refractivity (Wildman–Crippen MR) is 124 cm³/mol. The van der Waals surface area contributed by atoms with Crippen LogP contribution in [-0.2, 0) is 16.1 Å². The first-order valence-electron chi connectivity index (χ1n) is 10.2. The van der Waals surface area contributed by atoms with Gasteiger partial charge in [0.15, 0.2) is 11.4 Å². The van der Waals surface area contributed by atoms with Gasteiger partial charge in [-0.15, -0.1) is 0 Å². The Labute approximate surface area is 187 Å². The Hall–Kier alpha value is -2.84. The van der Waals surface area contributed by atoms with E-state index >= 15 is 0 Å². The van der Waals surface area contributed by atoms with Gasteiger partial charge in [0.2, 0.25) is 0 Å². The molecule has 7 nitrogen and oxygen atoms in total. The molecule has 0 aliphatic heterocycles. The smallest absolute Gasteiger partial charge is 0.189 e. The molecule has 1 saturated carbocycles. The summed E-state index contributed by atoms with van der Waals surface area (Å²) in [7, 11) is 3.76. The number of nitrogens with zero attached hydrogens (tertiary/aromatic N) is 3. The van der Waals surface area contributed by atoms with Gasteiger partial charge in [0.1, 0.15) is 12.0 Å². The molecule has 8 heteroatoms. The summed E-state index contributed by atoms with van der Waals surface area (Å²) >= 11 is 1.33. The third-order valence-electron chi connectivity index (χ3n) is 4.52. The normalized spacial score (nSPS) is 13.5. The van der Waals surface area contributed by atoms with Crippen molar-refractivity contribution in [1.29, 1.82) is 0 Å². The molecule has 1 N–H and O–H groups in total. The van der Waals surface area contributed by atoms with Crippen molar-refractivity contribution in [2.24, 2.45) is 5.92 Å². The lowest BCUT2D eigenvalue weighted by Crippen LogP contribution is -2.07. The molecular formula is C23H30N4O3S. The summed E-state index contributed by atoms with van der Waals surface area (Å²) in [5.74, 6) is 1.33. The Bertz CT molecular complexity index is 876. The van der Waals surface area contributed by atoms with E-state index in [1.165, 1.54) is 35.8 Å². The maximum atomic E-state index is 10.9. The van der Waals surface area contributed by atoms with Crippen molar-refractivity contribution < 1.29 is 14.3 Å². The predicted octanol–water partition coefficient (Wildman–Crippen LogP) is 3.91. The van der Waals surface area contributed by atoms with Crippen LogP contribution in [0.1, 0.15) is 40.2 Å². The minimum atomic E-state index is 0.534. The lowest BCUT2D eigenvalue weighted by Gasteiger charge is -2.10. The molecule has 0 spiro atoms. The van der Waals surface area contributed by atoms with Gasteiger partial charge in [-0.25, -0.2) is 4.98 Å². The molecule has 0 aromatic carbocycles. The third kappa shape index (κ3) is 9.23. The summed E-state index contributed by atoms with van der Waals surface area (Å²) in [6, 6.07) is 3.98. The van der Waals surface area contributed by atoms with Crippen molar-refractivity contribution in [1.82, 2.24) is 15.3 Å². The van der Waals surface area contributed by atoms with Crippen LogP contribution >= 0.6 is 11.3 Å². The van der Waals surface area contributed by atoms with Gasteiger partial charge in [-0.3, -0.25) is 14.6 Å². The molecule has 31 heavy (non-hydrogen) atoms. The molecule has 0 bridgehead atoms. The van der Waals surface area contributed by atoms with Gasteiger partial charge in [0.05, 0.1) is 17.2 Å². The number of carbonyl (C=O) groups excluding carboxylic acids is 2. The number of nitrogens with one attached hydrogen (secondary N) is 1. The molecule has 0 unspecified atom stereocenters. The van der Waals surface area contributed by atoms with Gasteiger partial charge >= 0.3 is 0 Å². The summed E-state index contributed by atoms with van der Waals surface area (Å²) in [6.07, 6.45) is 13.7. The van der Waals surface area contributed by atoms with E-state index in [1.54, 1.807) is 30.3 Å². The highest BCUT2D eigenvalue weighted by atomic mass is 32.1. The van der Waals surface area contributed by atoms with E-state index in [0.29, 0.717) is 17.2 Å². The van der Waals surface area contributed by atoms with Crippen LogP contribution in [0.25, 0.3) is 0 Å². The van der Waals surface area contributed by atoms with Gasteiger partial charge in [0, 0.05) is 38.3 Å². The van der Waals surface area contributed by atoms with Gasteiger partial charge in [0.25, 0.3) is 0 Å². The van der Waals surface area contributed by atoms with E-state index in [2.05, 4.69) is 15.3 Å². The topological polar surface area (TPSA) is 84.4 Å². The number of ether oxygens (including phenoxy) is 1. The molecule has 0 radical (unpaired) electrons. The standard InChI is InChI=1S/C16H20N2O3S.C7H10N2/c1-12-15(11-20)22-16(17-12)18(2)8-5-14(6-9-19)21-10-7-13-3-4-13;1-8-5-7-3-2-4-9-6-7/h5-6,8-9,11,13H,3-4,7,10H2,1-2H3;2-4,6,8H,5H2,1H3/b8-5-,14-6+;. The Morgan fingerprint density at radius 2 is 2.19 bits per heavy atom. The highest BCUT2D eigenvalue weighted by molar-refractivity contribution is 7.17. The molecule has 1 fully saturated rings. The number of aromatic nitrogens is 2. The van der Waals surface area contributed by atoms with E-state index in [-0.39, 0.29) is 0 Å². The van der Waals surface area contributed by atoms with Crippen LogP contribution in [0.15, 0.2) is 48.6 Å². The highest BCUT2D eigenvalue weighted by Crippen LogP contribution is 2.32. The minimum Gasteiger partial charge on any atom is -0.493 e. The van der Waals surface area contributed by atoms with Crippen molar-refractivity contribution in [3.05, 3.63) is 64.8 Å². The first-order valence-corrected chi connectivity index (χ1v) is 11.0. The number of carbonyl (C=O) groups is 2. The van der Waals surface area contributed by atoms with Crippen LogP contribution in [0, 0.1) is 12.8 Å². The van der Waals surface area contributed by atoms with E-state index in [9.17, 15) is 9.59 Å². The Morgan fingerprint density at radius 3 is 2.77 bits per heavy atom. The van der Waals surface area contributed by atoms with Gasteiger partial charge in [-0.05, 0) is 44.0 Å². The SMILES string of the molecule is CNCc1cccnc1.Cc1nc(N(C)/C=C\C(=C/C=O)OCCC2CC2)sc1C=O. The fourth-order valence-electron chi connectivity index (χ4n) is 2.58. The molecule has 2 aromatic heterocycles. The summed E-state index contributed by atoms with van der Waals surface area (Å²) in [6.45, 7) is 3.33. The monoisotopic (exact) mass is 442 g/mol. The number of pyridine rings is 1. The van der Waals surface area contributed by atoms with E-state index in [0.717, 1.165) is 42.3 Å². The molecule has 1 aliphatic carbocycles. The van der Waals surface area contributed by atoms with Crippen molar-refractivity contribution in [3.63, 3.8) is 0 Å². The quantitative estimate of drug-likeness (QED) is 0.244. The van der Waals surface area contributed by atoms with E-state index < -0.39 is 0 Å². The van der Waals surface area contributed by atoms with E-state index in [1.807, 2.05) is 32.4 Å². The molecule has 3 rings (SSSR count). The summed E-state index contributed by atoms with van der Waals surface area (Å²) in [4.78, 5) is 32.3. The van der Waals surface area contributed by atoms with Gasteiger partial charge < -0.3 is 15.0 Å². The number of aldehydes is 2. The maximum Gasteiger partial charge on any atom is 0.189 e. The zero-order chi connectivity index (χ0) is 22.5. The fourth-order valence-corrected chi connectivity index (χ4v) is 3.40. The molecule has 0 atom stereocenters. The van der Waals surface area contributed by atoms with Crippen molar-refractivity contribution in [2.45, 2.75) is 32.7 Å². The average Bonchev–Trinajstić information content (AvgIpc) is 3.52. The van der Waals surface area contributed by atoms with Crippen LogP contribution in [0.2, 0.25) is 0 Å². The number of rotatable bonds is 11. The van der Waals surface area contributed by atoms with Crippen LogP contribution in [0.4, 0.5) is 5.13 Å². The zero-order valence-electron chi connectivity index (χ0n) is 18.3. The summed E-state index contributed by atoms with van der Waals surface area (Å²) in [5.41, 5.74) is 1.94. The average molecular weight is 443 g/mol. The Balaban J connectivity index is 0.000000316. The van der Waals surface area contributed by atoms with Crippen molar-refractivity contribution >= 4 is 29.0 Å². The van der Waals surface area contributed by atoms with Crippen LogP contribution in [-0.4, -0.2) is 43.2 Å². The largest absolute Gasteiger partial charge is 0.493 e. The first-order chi connectivity index (χ1) is 15.1. The molecule has 0 saturated heterocycles. The molecular weight excluding hydrogens is 412 g/mol. The number of hydrogen-bond donors (Lipinski definition) is 1. The van der Waals surface area contributed by atoms with Gasteiger partial charge in [-0.2, -0.15) is 0 Å². The second-order valence-electron chi connectivity index (χ2n) is 7.17. The first kappa shape index (κ1) is 24.4. The highest BCUT2D eigenvalue weighted by Gasteiger charge is 2.20. The van der Waals surface area contributed by atoms with Crippen LogP contribution < -0.4 is 10.2 Å². The van der Waals surface area contributed by atoms with Gasteiger partial charge in [-0.1, -0.05) is 30.2 Å².